The first-order chi connectivity index (χ1) is 10.9. The molecule has 0 atom stereocenters. The molecular weight excluding hydrogens is 282 g/mol. The molecule has 0 bridgehead atoms. The van der Waals surface area contributed by atoms with E-state index in [4.69, 9.17) is 25.1 Å². The number of hydrogen-bond acceptors (Lipinski definition) is 5. The molecule has 0 rings (SSSR count). The summed E-state index contributed by atoms with van der Waals surface area (Å²) in [6.45, 7) is 4.49. The van der Waals surface area contributed by atoms with Crippen molar-refractivity contribution >= 4 is 0 Å². The van der Waals surface area contributed by atoms with E-state index in [0.29, 0.717) is 33.0 Å². The van der Waals surface area contributed by atoms with Crippen LogP contribution in [-0.4, -0.2) is 57.9 Å². The third-order valence-electron chi connectivity index (χ3n) is 3.47. The molecule has 0 aliphatic heterocycles. The minimum Gasteiger partial charge on any atom is -0.394 e. The monoisotopic (exact) mass is 319 g/mol. The zero-order chi connectivity index (χ0) is 16.1. The van der Waals surface area contributed by atoms with Gasteiger partial charge in [0.15, 0.2) is 0 Å². The number of unbranched alkanes of at least 4 members (excludes halogenated alkanes) is 8. The van der Waals surface area contributed by atoms with Crippen molar-refractivity contribution in [1.29, 1.82) is 0 Å². The quantitative estimate of drug-likeness (QED) is 0.358. The van der Waals surface area contributed by atoms with Gasteiger partial charge in [0.2, 0.25) is 0 Å². The predicted octanol–water partition coefficient (Wildman–Crippen LogP) is 2.50. The smallest absolute Gasteiger partial charge is 0.0701 e. The van der Waals surface area contributed by atoms with E-state index in [1.807, 2.05) is 0 Å². The first kappa shape index (κ1) is 21.8. The summed E-state index contributed by atoms with van der Waals surface area (Å²) >= 11 is 0. The maximum absolute atomic E-state index is 8.51. The van der Waals surface area contributed by atoms with Crippen molar-refractivity contribution in [2.45, 2.75) is 57.8 Å². The molecule has 0 saturated carbocycles. The molecule has 134 valence electrons. The number of hydrogen-bond donors (Lipinski definition) is 2. The van der Waals surface area contributed by atoms with Crippen LogP contribution in [0.15, 0.2) is 0 Å². The Hall–Kier alpha value is -0.200. The van der Waals surface area contributed by atoms with Crippen LogP contribution in [0.3, 0.4) is 0 Å². The molecule has 0 amide bonds. The average molecular weight is 319 g/mol. The van der Waals surface area contributed by atoms with Crippen LogP contribution in [-0.2, 0) is 14.2 Å². The number of rotatable bonds is 19. The van der Waals surface area contributed by atoms with Crippen LogP contribution in [0, 0.1) is 0 Å². The maximum Gasteiger partial charge on any atom is 0.0701 e. The predicted molar refractivity (Wildman–Crippen MR) is 90.2 cm³/mol. The molecule has 0 heterocycles. The fraction of sp³-hybridized carbons (Fsp3) is 1.00. The summed E-state index contributed by atoms with van der Waals surface area (Å²) < 4.78 is 15.9. The zero-order valence-corrected chi connectivity index (χ0v) is 14.3. The van der Waals surface area contributed by atoms with Gasteiger partial charge in [-0.3, -0.25) is 0 Å². The molecular formula is C17H37NO4. The van der Waals surface area contributed by atoms with Crippen LogP contribution >= 0.6 is 0 Å². The summed E-state index contributed by atoms with van der Waals surface area (Å²) in [5.41, 5.74) is 5.47. The van der Waals surface area contributed by atoms with E-state index in [-0.39, 0.29) is 6.61 Å². The molecule has 3 N–H and O–H groups in total. The van der Waals surface area contributed by atoms with Gasteiger partial charge in [0.25, 0.3) is 0 Å². The van der Waals surface area contributed by atoms with E-state index in [9.17, 15) is 0 Å². The van der Waals surface area contributed by atoms with Gasteiger partial charge in [0.1, 0.15) is 0 Å². The molecule has 5 nitrogen and oxygen atoms in total. The van der Waals surface area contributed by atoms with Gasteiger partial charge in [-0.1, -0.05) is 44.9 Å². The van der Waals surface area contributed by atoms with Crippen molar-refractivity contribution in [3.05, 3.63) is 0 Å². The minimum atomic E-state index is 0.0669. The molecule has 0 aliphatic rings. The Bertz CT molecular complexity index is 173. The van der Waals surface area contributed by atoms with E-state index >= 15 is 0 Å². The van der Waals surface area contributed by atoms with Crippen LogP contribution in [0.2, 0.25) is 0 Å². The van der Waals surface area contributed by atoms with E-state index in [1.54, 1.807) is 0 Å². The van der Waals surface area contributed by atoms with E-state index in [0.717, 1.165) is 19.6 Å². The van der Waals surface area contributed by atoms with E-state index in [2.05, 4.69) is 0 Å². The lowest BCUT2D eigenvalue weighted by molar-refractivity contribution is 0.00719. The third-order valence-corrected chi connectivity index (χ3v) is 3.47. The van der Waals surface area contributed by atoms with Crippen LogP contribution in [0.5, 0.6) is 0 Å². The van der Waals surface area contributed by atoms with Crippen molar-refractivity contribution in [2.24, 2.45) is 5.73 Å². The van der Waals surface area contributed by atoms with Crippen LogP contribution < -0.4 is 5.73 Å². The molecule has 0 aromatic heterocycles. The summed E-state index contributed by atoms with van der Waals surface area (Å²) in [6, 6.07) is 0. The van der Waals surface area contributed by atoms with Gasteiger partial charge in [-0.15, -0.1) is 0 Å². The average Bonchev–Trinajstić information content (AvgIpc) is 2.54. The second-order valence-electron chi connectivity index (χ2n) is 5.53. The number of nitrogens with two attached hydrogens (primary N) is 1. The lowest BCUT2D eigenvalue weighted by Crippen LogP contribution is -2.11. The molecule has 0 aliphatic carbocycles. The van der Waals surface area contributed by atoms with E-state index in [1.165, 1.54) is 51.4 Å². The molecule has 0 aromatic carbocycles. The first-order valence-corrected chi connectivity index (χ1v) is 8.96. The van der Waals surface area contributed by atoms with Gasteiger partial charge in [0, 0.05) is 6.61 Å². The lowest BCUT2D eigenvalue weighted by Gasteiger charge is -2.06. The van der Waals surface area contributed by atoms with Crippen molar-refractivity contribution in [3.8, 4) is 0 Å². The summed E-state index contributed by atoms with van der Waals surface area (Å²) in [4.78, 5) is 0. The highest BCUT2D eigenvalue weighted by atomic mass is 16.5. The number of aliphatic hydroxyl groups excluding tert-OH is 1. The Kier molecular flexibility index (Phi) is 20.6. The summed E-state index contributed by atoms with van der Waals surface area (Å²) in [5.74, 6) is 0. The normalized spacial score (nSPS) is 11.2. The Morgan fingerprint density at radius 1 is 0.500 bits per heavy atom. The lowest BCUT2D eigenvalue weighted by atomic mass is 10.1. The first-order valence-electron chi connectivity index (χ1n) is 8.96. The number of aliphatic hydroxyl groups is 1. The fourth-order valence-corrected chi connectivity index (χ4v) is 2.19. The van der Waals surface area contributed by atoms with Gasteiger partial charge in [-0.25, -0.2) is 0 Å². The highest BCUT2D eigenvalue weighted by molar-refractivity contribution is 4.48. The standard InChI is InChI=1S/C17H37NO4/c18-10-8-6-4-2-1-3-5-7-9-12-20-14-16-22-17-15-21-13-11-19/h19H,1-18H2. The van der Waals surface area contributed by atoms with Gasteiger partial charge in [-0.2, -0.15) is 0 Å². The zero-order valence-electron chi connectivity index (χ0n) is 14.3. The molecule has 0 unspecified atom stereocenters. The largest absolute Gasteiger partial charge is 0.394 e. The Morgan fingerprint density at radius 3 is 1.41 bits per heavy atom. The van der Waals surface area contributed by atoms with Crippen molar-refractivity contribution in [3.63, 3.8) is 0 Å². The molecule has 0 spiro atoms. The van der Waals surface area contributed by atoms with Crippen LogP contribution in [0.4, 0.5) is 0 Å². The highest BCUT2D eigenvalue weighted by Gasteiger charge is 1.94. The molecule has 0 aromatic rings. The Labute approximate surface area is 136 Å². The molecule has 22 heavy (non-hydrogen) atoms. The Morgan fingerprint density at radius 2 is 0.909 bits per heavy atom. The molecule has 0 saturated heterocycles. The summed E-state index contributed by atoms with van der Waals surface area (Å²) in [6.07, 6.45) is 11.6. The maximum atomic E-state index is 8.51. The SMILES string of the molecule is NCCCCCCCCCCCOCCOCCOCCO. The fourth-order valence-electron chi connectivity index (χ4n) is 2.19. The molecule has 5 heteroatoms. The molecule has 0 radical (unpaired) electrons. The number of ether oxygens (including phenoxy) is 3. The molecule has 0 fully saturated rings. The van der Waals surface area contributed by atoms with Crippen molar-refractivity contribution in [1.82, 2.24) is 0 Å². The Balaban J connectivity index is 2.91. The van der Waals surface area contributed by atoms with Gasteiger partial charge in [-0.05, 0) is 19.4 Å². The van der Waals surface area contributed by atoms with Crippen molar-refractivity contribution in [2.75, 3.05) is 52.8 Å². The second kappa shape index (κ2) is 20.8. The second-order valence-corrected chi connectivity index (χ2v) is 5.53. The highest BCUT2D eigenvalue weighted by Crippen LogP contribution is 2.09. The topological polar surface area (TPSA) is 73.9 Å². The third kappa shape index (κ3) is 19.8. The van der Waals surface area contributed by atoms with Crippen LogP contribution in [0.25, 0.3) is 0 Å². The van der Waals surface area contributed by atoms with Gasteiger partial charge < -0.3 is 25.1 Å². The summed E-state index contributed by atoms with van der Waals surface area (Å²) in [7, 11) is 0. The van der Waals surface area contributed by atoms with Gasteiger partial charge in [0.05, 0.1) is 39.6 Å². The van der Waals surface area contributed by atoms with Crippen LogP contribution in [0.1, 0.15) is 57.8 Å². The van der Waals surface area contributed by atoms with Crippen molar-refractivity contribution < 1.29 is 19.3 Å². The van der Waals surface area contributed by atoms with Gasteiger partial charge >= 0.3 is 0 Å². The van der Waals surface area contributed by atoms with E-state index < -0.39 is 0 Å². The summed E-state index contributed by atoms with van der Waals surface area (Å²) in [5, 5.41) is 8.51. The minimum absolute atomic E-state index is 0.0669.